The highest BCUT2D eigenvalue weighted by molar-refractivity contribution is 5.81. The second-order valence-electron chi connectivity index (χ2n) is 5.24. The molecule has 4 nitrogen and oxygen atoms in total. The molecule has 0 aliphatic carbocycles. The highest BCUT2D eigenvalue weighted by Crippen LogP contribution is 2.31. The van der Waals surface area contributed by atoms with Crippen LogP contribution in [0.3, 0.4) is 0 Å². The molecule has 4 rings (SSSR count). The van der Waals surface area contributed by atoms with Crippen molar-refractivity contribution in [2.75, 3.05) is 7.11 Å². The van der Waals surface area contributed by atoms with Crippen LogP contribution in [0.1, 0.15) is 0 Å². The van der Waals surface area contributed by atoms with Crippen molar-refractivity contribution in [3.8, 4) is 28.1 Å². The molecule has 0 saturated carbocycles. The van der Waals surface area contributed by atoms with Gasteiger partial charge in [-0.2, -0.15) is 0 Å². The van der Waals surface area contributed by atoms with Crippen LogP contribution in [0.2, 0.25) is 0 Å². The van der Waals surface area contributed by atoms with E-state index in [4.69, 9.17) is 4.74 Å². The average Bonchev–Trinajstić information content (AvgIpc) is 3.09. The molecule has 3 aromatic heterocycles. The van der Waals surface area contributed by atoms with Crippen molar-refractivity contribution in [1.29, 1.82) is 0 Å². The molecule has 0 bridgehead atoms. The Kier molecular flexibility index (Phi) is 3.27. The first-order valence-corrected chi connectivity index (χ1v) is 7.38. The van der Waals surface area contributed by atoms with Gasteiger partial charge in [-0.1, -0.05) is 18.2 Å². The summed E-state index contributed by atoms with van der Waals surface area (Å²) >= 11 is 0. The molecule has 3 heterocycles. The van der Waals surface area contributed by atoms with Crippen LogP contribution in [0.4, 0.5) is 0 Å². The number of ether oxygens (including phenoxy) is 1. The molecule has 4 heteroatoms. The van der Waals surface area contributed by atoms with Crippen molar-refractivity contribution < 1.29 is 4.74 Å². The highest BCUT2D eigenvalue weighted by atomic mass is 16.5. The van der Waals surface area contributed by atoms with Crippen LogP contribution < -0.4 is 4.74 Å². The topological polar surface area (TPSA) is 39.4 Å². The number of imidazole rings is 1. The first-order chi connectivity index (χ1) is 11.3. The standard InChI is InChI=1S/C19H15N3O/c1-23-16-5-2-4-14(12-16)19-17(6-3-9-21-19)15-7-8-18-20-10-11-22(18)13-15/h2-13H,1H3. The number of hydrogen-bond acceptors (Lipinski definition) is 3. The van der Waals surface area contributed by atoms with Gasteiger partial charge in [-0.15, -0.1) is 0 Å². The van der Waals surface area contributed by atoms with E-state index in [9.17, 15) is 0 Å². The number of rotatable bonds is 3. The van der Waals surface area contributed by atoms with E-state index in [1.165, 1.54) is 0 Å². The Balaban J connectivity index is 1.89. The van der Waals surface area contributed by atoms with Gasteiger partial charge in [0.1, 0.15) is 11.4 Å². The summed E-state index contributed by atoms with van der Waals surface area (Å²) in [5, 5.41) is 0. The maximum atomic E-state index is 5.33. The van der Waals surface area contributed by atoms with Crippen molar-refractivity contribution >= 4 is 5.65 Å². The number of hydrogen-bond donors (Lipinski definition) is 0. The van der Waals surface area contributed by atoms with E-state index in [2.05, 4.69) is 28.3 Å². The minimum absolute atomic E-state index is 0.823. The van der Waals surface area contributed by atoms with Gasteiger partial charge in [0.25, 0.3) is 0 Å². The van der Waals surface area contributed by atoms with Gasteiger partial charge in [0.2, 0.25) is 0 Å². The number of benzene rings is 1. The second-order valence-corrected chi connectivity index (χ2v) is 5.24. The van der Waals surface area contributed by atoms with Crippen molar-refractivity contribution in [3.05, 3.63) is 73.3 Å². The van der Waals surface area contributed by atoms with Gasteiger partial charge in [0.05, 0.1) is 12.8 Å². The fourth-order valence-electron chi connectivity index (χ4n) is 2.72. The Labute approximate surface area is 134 Å². The molecule has 0 radical (unpaired) electrons. The molecule has 0 spiro atoms. The Bertz CT molecular complexity index is 975. The number of pyridine rings is 2. The van der Waals surface area contributed by atoms with Gasteiger partial charge < -0.3 is 9.14 Å². The van der Waals surface area contributed by atoms with Gasteiger partial charge in [-0.3, -0.25) is 4.98 Å². The SMILES string of the molecule is COc1cccc(-c2ncccc2-c2ccc3nccn3c2)c1. The Morgan fingerprint density at radius 2 is 1.87 bits per heavy atom. The predicted octanol–water partition coefficient (Wildman–Crippen LogP) is 4.07. The monoisotopic (exact) mass is 301 g/mol. The van der Waals surface area contributed by atoms with E-state index in [-0.39, 0.29) is 0 Å². The lowest BCUT2D eigenvalue weighted by Gasteiger charge is -2.10. The largest absolute Gasteiger partial charge is 0.497 e. The summed E-state index contributed by atoms with van der Waals surface area (Å²) < 4.78 is 7.34. The van der Waals surface area contributed by atoms with Crippen molar-refractivity contribution in [2.24, 2.45) is 0 Å². The predicted molar refractivity (Wildman–Crippen MR) is 90.4 cm³/mol. The normalized spacial score (nSPS) is 10.8. The lowest BCUT2D eigenvalue weighted by Crippen LogP contribution is -1.92. The number of aromatic nitrogens is 3. The summed E-state index contributed by atoms with van der Waals surface area (Å²) in [7, 11) is 1.67. The zero-order valence-corrected chi connectivity index (χ0v) is 12.7. The quantitative estimate of drug-likeness (QED) is 0.572. The Hall–Kier alpha value is -3.14. The molecule has 0 atom stereocenters. The number of fused-ring (bicyclic) bond motifs is 1. The Morgan fingerprint density at radius 3 is 2.78 bits per heavy atom. The number of methoxy groups -OCH3 is 1. The maximum absolute atomic E-state index is 5.33. The molecule has 4 aromatic rings. The molecular formula is C19H15N3O. The highest BCUT2D eigenvalue weighted by Gasteiger charge is 2.10. The van der Waals surface area contributed by atoms with E-state index in [0.717, 1.165) is 33.8 Å². The van der Waals surface area contributed by atoms with Crippen LogP contribution in [-0.4, -0.2) is 21.5 Å². The third kappa shape index (κ3) is 2.44. The van der Waals surface area contributed by atoms with Crippen LogP contribution in [0.25, 0.3) is 28.0 Å². The van der Waals surface area contributed by atoms with E-state index >= 15 is 0 Å². The third-order valence-corrected chi connectivity index (χ3v) is 3.85. The van der Waals surface area contributed by atoms with E-state index in [1.54, 1.807) is 13.3 Å². The molecule has 0 unspecified atom stereocenters. The molecule has 1 aromatic carbocycles. The van der Waals surface area contributed by atoms with Crippen LogP contribution in [0.5, 0.6) is 5.75 Å². The van der Waals surface area contributed by atoms with Crippen LogP contribution >= 0.6 is 0 Å². The van der Waals surface area contributed by atoms with Crippen molar-refractivity contribution in [3.63, 3.8) is 0 Å². The molecule has 0 amide bonds. The fourth-order valence-corrected chi connectivity index (χ4v) is 2.72. The van der Waals surface area contributed by atoms with Crippen molar-refractivity contribution in [2.45, 2.75) is 0 Å². The summed E-state index contributed by atoms with van der Waals surface area (Å²) in [5.74, 6) is 0.823. The first kappa shape index (κ1) is 13.5. The van der Waals surface area contributed by atoms with E-state index in [0.29, 0.717) is 0 Å². The van der Waals surface area contributed by atoms with Crippen LogP contribution in [0, 0.1) is 0 Å². The second kappa shape index (κ2) is 5.57. The van der Waals surface area contributed by atoms with Gasteiger partial charge >= 0.3 is 0 Å². The van der Waals surface area contributed by atoms with Crippen LogP contribution in [0.15, 0.2) is 73.3 Å². The minimum atomic E-state index is 0.823. The molecular weight excluding hydrogens is 286 g/mol. The lowest BCUT2D eigenvalue weighted by atomic mass is 10.0. The summed E-state index contributed by atoms with van der Waals surface area (Å²) in [5.41, 5.74) is 5.08. The zero-order valence-electron chi connectivity index (χ0n) is 12.7. The molecule has 23 heavy (non-hydrogen) atoms. The summed E-state index contributed by atoms with van der Waals surface area (Å²) in [6.45, 7) is 0. The summed E-state index contributed by atoms with van der Waals surface area (Å²) in [6.07, 6.45) is 7.63. The summed E-state index contributed by atoms with van der Waals surface area (Å²) in [4.78, 5) is 8.88. The molecule has 0 N–H and O–H groups in total. The first-order valence-electron chi connectivity index (χ1n) is 7.38. The van der Waals surface area contributed by atoms with Gasteiger partial charge in [-0.25, -0.2) is 4.98 Å². The zero-order chi connectivity index (χ0) is 15.6. The third-order valence-electron chi connectivity index (χ3n) is 3.85. The van der Waals surface area contributed by atoms with Crippen LogP contribution in [-0.2, 0) is 0 Å². The molecule has 0 aliphatic rings. The van der Waals surface area contributed by atoms with Gasteiger partial charge in [0.15, 0.2) is 0 Å². The van der Waals surface area contributed by atoms with Gasteiger partial charge in [0, 0.05) is 41.5 Å². The molecule has 0 saturated heterocycles. The molecule has 0 aliphatic heterocycles. The van der Waals surface area contributed by atoms with Gasteiger partial charge in [-0.05, 0) is 30.3 Å². The number of nitrogens with zero attached hydrogens (tertiary/aromatic N) is 3. The molecule has 0 fully saturated rings. The molecule has 112 valence electrons. The minimum Gasteiger partial charge on any atom is -0.497 e. The summed E-state index contributed by atoms with van der Waals surface area (Å²) in [6, 6.07) is 16.1. The van der Waals surface area contributed by atoms with E-state index < -0.39 is 0 Å². The van der Waals surface area contributed by atoms with E-state index in [1.807, 2.05) is 53.2 Å². The maximum Gasteiger partial charge on any atom is 0.136 e. The average molecular weight is 301 g/mol. The van der Waals surface area contributed by atoms with Crippen molar-refractivity contribution in [1.82, 2.24) is 14.4 Å². The fraction of sp³-hybridized carbons (Fsp3) is 0.0526. The Morgan fingerprint density at radius 1 is 0.913 bits per heavy atom. The smallest absolute Gasteiger partial charge is 0.136 e. The lowest BCUT2D eigenvalue weighted by molar-refractivity contribution is 0.415.